The van der Waals surface area contributed by atoms with E-state index >= 15 is 0 Å². The Balaban J connectivity index is 2.91. The van der Waals surface area contributed by atoms with Gasteiger partial charge in [-0.3, -0.25) is 0 Å². The number of benzene rings is 1. The number of aryl methyl sites for hydroxylation is 1. The van der Waals surface area contributed by atoms with E-state index in [4.69, 9.17) is 5.73 Å². The van der Waals surface area contributed by atoms with Crippen molar-refractivity contribution in [2.24, 2.45) is 11.1 Å². The van der Waals surface area contributed by atoms with Crippen LogP contribution in [0.15, 0.2) is 18.2 Å². The van der Waals surface area contributed by atoms with Gasteiger partial charge in [0.05, 0.1) is 0 Å². The fourth-order valence-corrected chi connectivity index (χ4v) is 2.50. The van der Waals surface area contributed by atoms with E-state index in [1.165, 1.54) is 24.5 Å². The predicted octanol–water partition coefficient (Wildman–Crippen LogP) is 4.22. The molecular weight excluding hydrogens is 225 g/mol. The minimum atomic E-state index is -0.145. The summed E-state index contributed by atoms with van der Waals surface area (Å²) < 4.78 is 13.4. The van der Waals surface area contributed by atoms with Crippen molar-refractivity contribution >= 4 is 0 Å². The summed E-state index contributed by atoms with van der Waals surface area (Å²) in [5, 5.41) is 0. The quantitative estimate of drug-likeness (QED) is 0.771. The van der Waals surface area contributed by atoms with E-state index in [1.807, 2.05) is 13.0 Å². The number of unbranched alkanes of at least 4 members (excludes halogenated alkanes) is 1. The molecule has 0 saturated heterocycles. The van der Waals surface area contributed by atoms with Crippen molar-refractivity contribution in [2.75, 3.05) is 6.54 Å². The van der Waals surface area contributed by atoms with Gasteiger partial charge in [0, 0.05) is 0 Å². The van der Waals surface area contributed by atoms with E-state index in [0.29, 0.717) is 6.54 Å². The smallest absolute Gasteiger partial charge is 0.123 e. The molecule has 1 aromatic carbocycles. The van der Waals surface area contributed by atoms with Gasteiger partial charge in [0.25, 0.3) is 0 Å². The zero-order valence-electron chi connectivity index (χ0n) is 11.9. The molecule has 2 heteroatoms. The molecule has 0 aliphatic carbocycles. The standard InChI is InChI=1S/C16H26FN/c1-4-6-9-16(5-2,12-18)11-14-10-15(17)8-7-13(14)3/h7-8,10H,4-6,9,11-12,18H2,1-3H3. The predicted molar refractivity (Wildman–Crippen MR) is 76.1 cm³/mol. The molecule has 0 fully saturated rings. The van der Waals surface area contributed by atoms with Crippen LogP contribution in [0.25, 0.3) is 0 Å². The topological polar surface area (TPSA) is 26.0 Å². The van der Waals surface area contributed by atoms with Crippen LogP contribution in [0.5, 0.6) is 0 Å². The summed E-state index contributed by atoms with van der Waals surface area (Å²) in [6.45, 7) is 7.12. The van der Waals surface area contributed by atoms with Crippen molar-refractivity contribution in [3.05, 3.63) is 35.1 Å². The summed E-state index contributed by atoms with van der Waals surface area (Å²) in [4.78, 5) is 0. The van der Waals surface area contributed by atoms with E-state index in [1.54, 1.807) is 6.07 Å². The van der Waals surface area contributed by atoms with Crippen LogP contribution in [0.1, 0.15) is 50.7 Å². The average molecular weight is 251 g/mol. The lowest BCUT2D eigenvalue weighted by Gasteiger charge is -2.32. The van der Waals surface area contributed by atoms with E-state index < -0.39 is 0 Å². The zero-order chi connectivity index (χ0) is 13.6. The average Bonchev–Trinajstić information content (AvgIpc) is 2.39. The largest absolute Gasteiger partial charge is 0.330 e. The molecule has 1 unspecified atom stereocenters. The fraction of sp³-hybridized carbons (Fsp3) is 0.625. The molecule has 0 spiro atoms. The molecule has 0 heterocycles. The Morgan fingerprint density at radius 3 is 2.56 bits per heavy atom. The molecule has 0 radical (unpaired) electrons. The summed E-state index contributed by atoms with van der Waals surface area (Å²) in [6.07, 6.45) is 5.46. The molecule has 0 saturated carbocycles. The molecule has 18 heavy (non-hydrogen) atoms. The number of rotatable bonds is 7. The van der Waals surface area contributed by atoms with Crippen LogP contribution < -0.4 is 5.73 Å². The van der Waals surface area contributed by atoms with Gasteiger partial charge in [-0.05, 0) is 61.4 Å². The first-order chi connectivity index (χ1) is 8.56. The summed E-state index contributed by atoms with van der Waals surface area (Å²) >= 11 is 0. The van der Waals surface area contributed by atoms with Gasteiger partial charge in [0.2, 0.25) is 0 Å². The molecule has 1 nitrogen and oxygen atoms in total. The number of hydrogen-bond acceptors (Lipinski definition) is 1. The van der Waals surface area contributed by atoms with Crippen LogP contribution in [0, 0.1) is 18.2 Å². The maximum atomic E-state index is 13.4. The van der Waals surface area contributed by atoms with Gasteiger partial charge in [-0.25, -0.2) is 4.39 Å². The normalized spacial score (nSPS) is 14.5. The molecule has 0 aromatic heterocycles. The van der Waals surface area contributed by atoms with E-state index in [9.17, 15) is 4.39 Å². The summed E-state index contributed by atoms with van der Waals surface area (Å²) in [6, 6.07) is 5.06. The molecule has 1 atom stereocenters. The van der Waals surface area contributed by atoms with Crippen LogP contribution in [-0.2, 0) is 6.42 Å². The van der Waals surface area contributed by atoms with Gasteiger partial charge in [-0.2, -0.15) is 0 Å². The third-order valence-electron chi connectivity index (χ3n) is 4.12. The van der Waals surface area contributed by atoms with Crippen LogP contribution in [0.3, 0.4) is 0 Å². The highest BCUT2D eigenvalue weighted by Crippen LogP contribution is 2.33. The molecule has 0 aliphatic heterocycles. The van der Waals surface area contributed by atoms with Crippen molar-refractivity contribution in [1.82, 2.24) is 0 Å². The Labute approximate surface area is 111 Å². The molecule has 0 aliphatic rings. The monoisotopic (exact) mass is 251 g/mol. The molecule has 1 aromatic rings. The Bertz CT molecular complexity index is 369. The molecule has 0 bridgehead atoms. The summed E-state index contributed by atoms with van der Waals surface area (Å²) in [5.74, 6) is -0.145. The molecule has 0 amide bonds. The Kier molecular flexibility index (Phi) is 5.80. The lowest BCUT2D eigenvalue weighted by molar-refractivity contribution is 0.250. The van der Waals surface area contributed by atoms with Gasteiger partial charge in [-0.1, -0.05) is 32.8 Å². The van der Waals surface area contributed by atoms with Crippen LogP contribution in [0.4, 0.5) is 4.39 Å². The van der Waals surface area contributed by atoms with E-state index in [0.717, 1.165) is 24.8 Å². The second kappa shape index (κ2) is 6.89. The van der Waals surface area contributed by atoms with Crippen LogP contribution in [0.2, 0.25) is 0 Å². The van der Waals surface area contributed by atoms with Crippen molar-refractivity contribution in [1.29, 1.82) is 0 Å². The number of halogens is 1. The van der Waals surface area contributed by atoms with Crippen molar-refractivity contribution in [2.45, 2.75) is 52.9 Å². The number of nitrogens with two attached hydrogens (primary N) is 1. The van der Waals surface area contributed by atoms with Gasteiger partial charge in [-0.15, -0.1) is 0 Å². The lowest BCUT2D eigenvalue weighted by Crippen LogP contribution is -2.32. The van der Waals surface area contributed by atoms with Gasteiger partial charge in [0.15, 0.2) is 0 Å². The first-order valence-electron chi connectivity index (χ1n) is 7.02. The van der Waals surface area contributed by atoms with Gasteiger partial charge in [0.1, 0.15) is 5.82 Å². The highest BCUT2D eigenvalue weighted by Gasteiger charge is 2.26. The van der Waals surface area contributed by atoms with Crippen LogP contribution >= 0.6 is 0 Å². The van der Waals surface area contributed by atoms with Gasteiger partial charge >= 0.3 is 0 Å². The molecular formula is C16H26FN. The third kappa shape index (κ3) is 3.81. The zero-order valence-corrected chi connectivity index (χ0v) is 11.9. The fourth-order valence-electron chi connectivity index (χ4n) is 2.50. The summed E-state index contributed by atoms with van der Waals surface area (Å²) in [5.41, 5.74) is 8.41. The molecule has 2 N–H and O–H groups in total. The maximum Gasteiger partial charge on any atom is 0.123 e. The highest BCUT2D eigenvalue weighted by molar-refractivity contribution is 5.27. The van der Waals surface area contributed by atoms with Crippen molar-refractivity contribution < 1.29 is 4.39 Å². The third-order valence-corrected chi connectivity index (χ3v) is 4.12. The second-order valence-electron chi connectivity index (χ2n) is 5.41. The SMILES string of the molecule is CCCCC(CC)(CN)Cc1cc(F)ccc1C. The minimum absolute atomic E-state index is 0.133. The Morgan fingerprint density at radius 1 is 1.28 bits per heavy atom. The number of hydrogen-bond donors (Lipinski definition) is 1. The Hall–Kier alpha value is -0.890. The summed E-state index contributed by atoms with van der Waals surface area (Å²) in [7, 11) is 0. The van der Waals surface area contributed by atoms with Crippen molar-refractivity contribution in [3.63, 3.8) is 0 Å². The van der Waals surface area contributed by atoms with E-state index in [2.05, 4.69) is 13.8 Å². The first-order valence-corrected chi connectivity index (χ1v) is 7.02. The Morgan fingerprint density at radius 2 is 2.00 bits per heavy atom. The van der Waals surface area contributed by atoms with Crippen LogP contribution in [-0.4, -0.2) is 6.54 Å². The van der Waals surface area contributed by atoms with E-state index in [-0.39, 0.29) is 11.2 Å². The first kappa shape index (κ1) is 15.2. The van der Waals surface area contributed by atoms with Gasteiger partial charge < -0.3 is 5.73 Å². The maximum absolute atomic E-state index is 13.4. The molecule has 1 rings (SSSR count). The second-order valence-corrected chi connectivity index (χ2v) is 5.41. The highest BCUT2D eigenvalue weighted by atomic mass is 19.1. The minimum Gasteiger partial charge on any atom is -0.330 e. The van der Waals surface area contributed by atoms with Crippen molar-refractivity contribution in [3.8, 4) is 0 Å². The lowest BCUT2D eigenvalue weighted by atomic mass is 9.74. The molecule has 102 valence electrons.